The van der Waals surface area contributed by atoms with E-state index in [0.29, 0.717) is 5.56 Å². The van der Waals surface area contributed by atoms with E-state index in [2.05, 4.69) is 24.3 Å². The first-order chi connectivity index (χ1) is 12.1. The van der Waals surface area contributed by atoms with E-state index in [1.165, 1.54) is 5.56 Å². The molecule has 0 aromatic heterocycles. The van der Waals surface area contributed by atoms with Crippen LogP contribution in [0.15, 0.2) is 91.0 Å². The Labute approximate surface area is 145 Å². The van der Waals surface area contributed by atoms with Gasteiger partial charge in [-0.2, -0.15) is 0 Å². The maximum atomic E-state index is 11.8. The summed E-state index contributed by atoms with van der Waals surface area (Å²) in [4.78, 5) is 22.3. The molecule has 122 valence electrons. The Kier molecular flexibility index (Phi) is 4.86. The Bertz CT molecular complexity index is 906. The highest BCUT2D eigenvalue weighted by atomic mass is 16.4. The van der Waals surface area contributed by atoms with Gasteiger partial charge in [0.1, 0.15) is 0 Å². The number of carboxylic acid groups (broad SMARTS) is 1. The van der Waals surface area contributed by atoms with E-state index in [9.17, 15) is 9.59 Å². The molecule has 0 heterocycles. The lowest BCUT2D eigenvalue weighted by molar-refractivity contribution is -0.131. The molecule has 0 unspecified atom stereocenters. The molecule has 0 aliphatic heterocycles. The molecule has 0 fully saturated rings. The zero-order valence-corrected chi connectivity index (χ0v) is 13.4. The van der Waals surface area contributed by atoms with Gasteiger partial charge in [-0.3, -0.25) is 4.79 Å². The van der Waals surface area contributed by atoms with E-state index in [0.717, 1.165) is 28.8 Å². The van der Waals surface area contributed by atoms with Crippen LogP contribution in [0.25, 0.3) is 22.3 Å². The van der Waals surface area contributed by atoms with Crippen LogP contribution in [0.3, 0.4) is 0 Å². The van der Waals surface area contributed by atoms with Crippen molar-refractivity contribution in [2.24, 2.45) is 0 Å². The van der Waals surface area contributed by atoms with Crippen molar-refractivity contribution >= 4 is 11.8 Å². The number of ketones is 1. The minimum absolute atomic E-state index is 0.326. The summed E-state index contributed by atoms with van der Waals surface area (Å²) >= 11 is 0. The molecule has 0 radical (unpaired) electrons. The third-order valence-corrected chi connectivity index (χ3v) is 3.87. The topological polar surface area (TPSA) is 54.4 Å². The summed E-state index contributed by atoms with van der Waals surface area (Å²) in [5, 5.41) is 8.57. The fourth-order valence-electron chi connectivity index (χ4n) is 2.56. The van der Waals surface area contributed by atoms with E-state index >= 15 is 0 Å². The molecular formula is C22H16O3. The first-order valence-corrected chi connectivity index (χ1v) is 7.85. The zero-order chi connectivity index (χ0) is 17.6. The van der Waals surface area contributed by atoms with E-state index in [4.69, 9.17) is 5.11 Å². The van der Waals surface area contributed by atoms with Crippen molar-refractivity contribution in [3.8, 4) is 22.3 Å². The zero-order valence-electron chi connectivity index (χ0n) is 13.4. The molecule has 0 atom stereocenters. The normalized spacial score (nSPS) is 10.7. The minimum Gasteiger partial charge on any atom is -0.478 e. The SMILES string of the molecule is O=C(O)/C=C/C(=O)c1ccc(-c2ccc(-c3ccccc3)cc2)cc1. The molecule has 3 nitrogen and oxygen atoms in total. The van der Waals surface area contributed by atoms with Crippen LogP contribution in [-0.2, 0) is 4.79 Å². The summed E-state index contributed by atoms with van der Waals surface area (Å²) in [5.74, 6) is -1.46. The second kappa shape index (κ2) is 7.41. The summed E-state index contributed by atoms with van der Waals surface area (Å²) in [7, 11) is 0. The molecule has 3 aromatic carbocycles. The standard InChI is InChI=1S/C22H16O3/c23-21(14-15-22(24)25)20-12-10-19(11-13-20)18-8-6-17(7-9-18)16-4-2-1-3-5-16/h1-15H,(H,24,25)/b15-14+. The van der Waals surface area contributed by atoms with E-state index in [1.807, 2.05) is 42.5 Å². The number of allylic oxidation sites excluding steroid dienone is 1. The van der Waals surface area contributed by atoms with Gasteiger partial charge >= 0.3 is 5.97 Å². The van der Waals surface area contributed by atoms with Gasteiger partial charge in [0.25, 0.3) is 0 Å². The average Bonchev–Trinajstić information content (AvgIpc) is 2.67. The predicted octanol–water partition coefficient (Wildman–Crippen LogP) is 4.84. The molecule has 1 N–H and O–H groups in total. The number of rotatable bonds is 5. The van der Waals surface area contributed by atoms with Crippen LogP contribution in [-0.4, -0.2) is 16.9 Å². The Balaban J connectivity index is 1.78. The molecule has 25 heavy (non-hydrogen) atoms. The molecule has 0 aliphatic carbocycles. The van der Waals surface area contributed by atoms with Crippen LogP contribution in [0.2, 0.25) is 0 Å². The van der Waals surface area contributed by atoms with Gasteiger partial charge in [0.05, 0.1) is 0 Å². The number of carbonyl (C=O) groups excluding carboxylic acids is 1. The molecule has 3 heteroatoms. The van der Waals surface area contributed by atoms with Gasteiger partial charge in [-0.05, 0) is 28.3 Å². The third kappa shape index (κ3) is 4.09. The van der Waals surface area contributed by atoms with E-state index in [1.54, 1.807) is 12.1 Å². The van der Waals surface area contributed by atoms with Crippen LogP contribution in [0.5, 0.6) is 0 Å². The number of carbonyl (C=O) groups is 2. The Morgan fingerprint density at radius 2 is 1.04 bits per heavy atom. The molecule has 3 rings (SSSR count). The lowest BCUT2D eigenvalue weighted by atomic mass is 9.99. The molecule has 0 amide bonds. The molecular weight excluding hydrogens is 312 g/mol. The van der Waals surface area contributed by atoms with Crippen molar-refractivity contribution in [1.82, 2.24) is 0 Å². The van der Waals surface area contributed by atoms with Gasteiger partial charge in [0, 0.05) is 11.6 Å². The third-order valence-electron chi connectivity index (χ3n) is 3.87. The second-order valence-corrected chi connectivity index (χ2v) is 5.56. The van der Waals surface area contributed by atoms with Gasteiger partial charge in [-0.25, -0.2) is 4.79 Å². The first-order valence-electron chi connectivity index (χ1n) is 7.85. The molecule has 0 saturated heterocycles. The number of hydrogen-bond acceptors (Lipinski definition) is 2. The fraction of sp³-hybridized carbons (Fsp3) is 0. The summed E-state index contributed by atoms with van der Waals surface area (Å²) in [6, 6.07) is 25.5. The fourth-order valence-corrected chi connectivity index (χ4v) is 2.56. The van der Waals surface area contributed by atoms with Crippen LogP contribution in [0, 0.1) is 0 Å². The number of aliphatic carboxylic acids is 1. The molecule has 0 saturated carbocycles. The summed E-state index contributed by atoms with van der Waals surface area (Å²) in [5.41, 5.74) is 4.83. The van der Waals surface area contributed by atoms with Crippen molar-refractivity contribution in [2.45, 2.75) is 0 Å². The van der Waals surface area contributed by atoms with E-state index < -0.39 is 5.97 Å². The highest BCUT2D eigenvalue weighted by molar-refractivity contribution is 6.07. The van der Waals surface area contributed by atoms with Crippen LogP contribution >= 0.6 is 0 Å². The largest absolute Gasteiger partial charge is 0.478 e. The molecule has 3 aromatic rings. The van der Waals surface area contributed by atoms with Crippen LogP contribution < -0.4 is 0 Å². The number of hydrogen-bond donors (Lipinski definition) is 1. The Hall–Kier alpha value is -3.46. The molecule has 0 spiro atoms. The smallest absolute Gasteiger partial charge is 0.328 e. The van der Waals surface area contributed by atoms with Crippen LogP contribution in [0.1, 0.15) is 10.4 Å². The van der Waals surface area contributed by atoms with Crippen molar-refractivity contribution < 1.29 is 14.7 Å². The van der Waals surface area contributed by atoms with E-state index in [-0.39, 0.29) is 5.78 Å². The lowest BCUT2D eigenvalue weighted by Crippen LogP contribution is -1.96. The van der Waals surface area contributed by atoms with Crippen molar-refractivity contribution in [3.05, 3.63) is 96.6 Å². The summed E-state index contributed by atoms with van der Waals surface area (Å²) in [6.07, 6.45) is 1.91. The first kappa shape index (κ1) is 16.4. The van der Waals surface area contributed by atoms with Crippen molar-refractivity contribution in [2.75, 3.05) is 0 Å². The average molecular weight is 328 g/mol. The maximum Gasteiger partial charge on any atom is 0.328 e. The second-order valence-electron chi connectivity index (χ2n) is 5.56. The maximum absolute atomic E-state index is 11.8. The molecule has 0 aliphatic rings. The Morgan fingerprint density at radius 1 is 0.600 bits per heavy atom. The summed E-state index contributed by atoms with van der Waals surface area (Å²) < 4.78 is 0. The number of benzene rings is 3. The van der Waals surface area contributed by atoms with Gasteiger partial charge in [-0.1, -0.05) is 78.9 Å². The molecule has 0 bridgehead atoms. The van der Waals surface area contributed by atoms with Gasteiger partial charge in [0.2, 0.25) is 0 Å². The van der Waals surface area contributed by atoms with Crippen molar-refractivity contribution in [1.29, 1.82) is 0 Å². The van der Waals surface area contributed by atoms with Crippen LogP contribution in [0.4, 0.5) is 0 Å². The highest BCUT2D eigenvalue weighted by Crippen LogP contribution is 2.25. The highest BCUT2D eigenvalue weighted by Gasteiger charge is 2.04. The summed E-state index contributed by atoms with van der Waals surface area (Å²) in [6.45, 7) is 0. The predicted molar refractivity (Wildman–Crippen MR) is 98.4 cm³/mol. The Morgan fingerprint density at radius 3 is 1.52 bits per heavy atom. The lowest BCUT2D eigenvalue weighted by Gasteiger charge is -2.06. The monoisotopic (exact) mass is 328 g/mol. The quantitative estimate of drug-likeness (QED) is 0.538. The van der Waals surface area contributed by atoms with Gasteiger partial charge in [-0.15, -0.1) is 0 Å². The minimum atomic E-state index is -1.14. The van der Waals surface area contributed by atoms with Gasteiger partial charge in [0.15, 0.2) is 5.78 Å². The van der Waals surface area contributed by atoms with Gasteiger partial charge < -0.3 is 5.11 Å². The van der Waals surface area contributed by atoms with Crippen molar-refractivity contribution in [3.63, 3.8) is 0 Å². The number of carboxylic acids is 1.